The Balaban J connectivity index is 3.04. The number of anilines is 1. The van der Waals surface area contributed by atoms with Gasteiger partial charge in [-0.2, -0.15) is 0 Å². The SMILES string of the molecule is CC(C(=O)N(C)C)S(=O)c1cc(Cl)ccc1N. The fourth-order valence-corrected chi connectivity index (χ4v) is 2.88. The Hall–Kier alpha value is -1.07. The van der Waals surface area contributed by atoms with E-state index in [2.05, 4.69) is 0 Å². The number of benzene rings is 1. The quantitative estimate of drug-likeness (QED) is 0.850. The zero-order valence-corrected chi connectivity index (χ0v) is 11.5. The van der Waals surface area contributed by atoms with Crippen molar-refractivity contribution in [2.75, 3.05) is 19.8 Å². The summed E-state index contributed by atoms with van der Waals surface area (Å²) >= 11 is 5.82. The molecule has 0 saturated carbocycles. The van der Waals surface area contributed by atoms with E-state index in [4.69, 9.17) is 17.3 Å². The Kier molecular flexibility index (Phi) is 4.54. The number of rotatable bonds is 3. The normalized spacial score (nSPS) is 14.1. The number of nitrogens with zero attached hydrogens (tertiary/aromatic N) is 1. The fraction of sp³-hybridized carbons (Fsp3) is 0.364. The van der Waals surface area contributed by atoms with Crippen LogP contribution in [0.1, 0.15) is 6.92 Å². The summed E-state index contributed by atoms with van der Waals surface area (Å²) in [5.41, 5.74) is 6.11. The molecule has 2 N–H and O–H groups in total. The van der Waals surface area contributed by atoms with Crippen LogP contribution in [0.25, 0.3) is 0 Å². The number of hydrogen-bond acceptors (Lipinski definition) is 3. The maximum atomic E-state index is 12.2. The van der Waals surface area contributed by atoms with Crippen molar-refractivity contribution < 1.29 is 9.00 Å². The smallest absolute Gasteiger partial charge is 0.237 e. The summed E-state index contributed by atoms with van der Waals surface area (Å²) in [5.74, 6) is -0.206. The Labute approximate surface area is 108 Å². The van der Waals surface area contributed by atoms with Crippen LogP contribution in [0.4, 0.5) is 5.69 Å². The lowest BCUT2D eigenvalue weighted by Crippen LogP contribution is -2.34. The molecule has 1 aromatic rings. The first-order valence-corrected chi connectivity index (χ1v) is 6.60. The highest BCUT2D eigenvalue weighted by Crippen LogP contribution is 2.23. The molecule has 0 heterocycles. The minimum absolute atomic E-state index is 0.206. The number of carbonyl (C=O) groups excluding carboxylic acids is 1. The number of hydrogen-bond donors (Lipinski definition) is 1. The Morgan fingerprint density at radius 2 is 2.06 bits per heavy atom. The number of amides is 1. The summed E-state index contributed by atoms with van der Waals surface area (Å²) in [6.45, 7) is 1.61. The lowest BCUT2D eigenvalue weighted by Gasteiger charge is -2.17. The lowest BCUT2D eigenvalue weighted by molar-refractivity contribution is -0.127. The van der Waals surface area contributed by atoms with Crippen molar-refractivity contribution in [2.45, 2.75) is 17.1 Å². The maximum absolute atomic E-state index is 12.2. The number of nitrogens with two attached hydrogens (primary N) is 1. The third kappa shape index (κ3) is 3.20. The third-order valence-corrected chi connectivity index (χ3v) is 4.17. The van der Waals surface area contributed by atoms with E-state index in [1.165, 1.54) is 11.0 Å². The lowest BCUT2D eigenvalue weighted by atomic mass is 10.3. The molecule has 0 fully saturated rings. The molecule has 1 aromatic carbocycles. The molecule has 1 amide bonds. The van der Waals surface area contributed by atoms with Crippen LogP contribution < -0.4 is 5.73 Å². The van der Waals surface area contributed by atoms with Crippen LogP contribution in [0, 0.1) is 0 Å². The Morgan fingerprint density at radius 3 is 2.59 bits per heavy atom. The first-order valence-electron chi connectivity index (χ1n) is 5.01. The summed E-state index contributed by atoms with van der Waals surface area (Å²) in [4.78, 5) is 13.5. The maximum Gasteiger partial charge on any atom is 0.237 e. The molecule has 2 unspecified atom stereocenters. The van der Waals surface area contributed by atoms with Gasteiger partial charge in [-0.05, 0) is 25.1 Å². The van der Waals surface area contributed by atoms with Gasteiger partial charge in [-0.3, -0.25) is 9.00 Å². The minimum Gasteiger partial charge on any atom is -0.398 e. The van der Waals surface area contributed by atoms with Crippen LogP contribution >= 0.6 is 11.6 Å². The van der Waals surface area contributed by atoms with Crippen molar-refractivity contribution in [1.29, 1.82) is 0 Å². The molecule has 0 spiro atoms. The van der Waals surface area contributed by atoms with E-state index in [9.17, 15) is 9.00 Å². The predicted molar refractivity (Wildman–Crippen MR) is 70.4 cm³/mol. The summed E-state index contributed by atoms with van der Waals surface area (Å²) in [6.07, 6.45) is 0. The average Bonchev–Trinajstić information content (AvgIpc) is 2.29. The van der Waals surface area contributed by atoms with Crippen LogP contribution in [0.3, 0.4) is 0 Å². The molecule has 0 aliphatic rings. The van der Waals surface area contributed by atoms with Crippen molar-refractivity contribution in [3.05, 3.63) is 23.2 Å². The van der Waals surface area contributed by atoms with Gasteiger partial charge in [-0.1, -0.05) is 11.6 Å². The highest BCUT2D eigenvalue weighted by Gasteiger charge is 2.24. The molecule has 0 bridgehead atoms. The van der Waals surface area contributed by atoms with Gasteiger partial charge in [0.05, 0.1) is 15.7 Å². The van der Waals surface area contributed by atoms with Gasteiger partial charge < -0.3 is 10.6 Å². The second kappa shape index (κ2) is 5.51. The molecule has 17 heavy (non-hydrogen) atoms. The second-order valence-corrected chi connectivity index (χ2v) is 6.03. The van der Waals surface area contributed by atoms with Gasteiger partial charge in [0.25, 0.3) is 0 Å². The van der Waals surface area contributed by atoms with Gasteiger partial charge in [-0.15, -0.1) is 0 Å². The first kappa shape index (κ1) is 14.0. The van der Waals surface area contributed by atoms with E-state index in [1.54, 1.807) is 33.2 Å². The van der Waals surface area contributed by atoms with Gasteiger partial charge in [0.2, 0.25) is 5.91 Å². The molecule has 94 valence electrons. The van der Waals surface area contributed by atoms with Gasteiger partial charge in [0.15, 0.2) is 0 Å². The summed E-state index contributed by atoms with van der Waals surface area (Å²) in [5, 5.41) is -0.196. The number of nitrogen functional groups attached to an aromatic ring is 1. The van der Waals surface area contributed by atoms with Crippen molar-refractivity contribution in [3.8, 4) is 0 Å². The number of halogens is 1. The van der Waals surface area contributed by atoms with Crippen molar-refractivity contribution in [2.24, 2.45) is 0 Å². The molecular formula is C11H15ClN2O2S. The molecular weight excluding hydrogens is 260 g/mol. The Morgan fingerprint density at radius 1 is 1.47 bits per heavy atom. The van der Waals surface area contributed by atoms with Crippen LogP contribution in [0.5, 0.6) is 0 Å². The average molecular weight is 275 g/mol. The van der Waals surface area contributed by atoms with Crippen molar-refractivity contribution in [3.63, 3.8) is 0 Å². The number of carbonyl (C=O) groups is 1. The minimum atomic E-state index is -1.50. The van der Waals surface area contributed by atoms with Crippen molar-refractivity contribution >= 4 is 34.0 Å². The van der Waals surface area contributed by atoms with Crippen LogP contribution in [-0.4, -0.2) is 34.4 Å². The van der Waals surface area contributed by atoms with Gasteiger partial charge in [-0.25, -0.2) is 0 Å². The van der Waals surface area contributed by atoms with Crippen LogP contribution in [0.15, 0.2) is 23.1 Å². The summed E-state index contributed by atoms with van der Waals surface area (Å²) < 4.78 is 12.2. The fourth-order valence-electron chi connectivity index (χ4n) is 1.33. The highest BCUT2D eigenvalue weighted by molar-refractivity contribution is 7.86. The van der Waals surface area contributed by atoms with E-state index in [1.807, 2.05) is 0 Å². The van der Waals surface area contributed by atoms with E-state index < -0.39 is 16.0 Å². The summed E-state index contributed by atoms with van der Waals surface area (Å²) in [7, 11) is 1.74. The van der Waals surface area contributed by atoms with Gasteiger partial charge in [0, 0.05) is 24.8 Å². The molecule has 0 aliphatic carbocycles. The molecule has 4 nitrogen and oxygen atoms in total. The van der Waals surface area contributed by atoms with Gasteiger partial charge >= 0.3 is 0 Å². The molecule has 2 atom stereocenters. The molecule has 0 radical (unpaired) electrons. The Bertz CT molecular complexity index is 463. The summed E-state index contributed by atoms with van der Waals surface area (Å²) in [6, 6.07) is 4.74. The largest absolute Gasteiger partial charge is 0.398 e. The van der Waals surface area contributed by atoms with E-state index in [-0.39, 0.29) is 5.91 Å². The topological polar surface area (TPSA) is 63.4 Å². The van der Waals surface area contributed by atoms with Crippen molar-refractivity contribution in [1.82, 2.24) is 4.90 Å². The van der Waals surface area contributed by atoms with Gasteiger partial charge in [0.1, 0.15) is 5.25 Å². The van der Waals surface area contributed by atoms with Crippen LogP contribution in [-0.2, 0) is 15.6 Å². The molecule has 1 rings (SSSR count). The highest BCUT2D eigenvalue weighted by atomic mass is 35.5. The molecule has 0 saturated heterocycles. The van der Waals surface area contributed by atoms with E-state index in [0.29, 0.717) is 15.6 Å². The molecule has 0 aliphatic heterocycles. The van der Waals surface area contributed by atoms with Crippen LogP contribution in [0.2, 0.25) is 5.02 Å². The monoisotopic (exact) mass is 274 g/mol. The predicted octanol–water partition coefficient (Wildman–Crippen LogP) is 1.51. The first-order chi connectivity index (χ1) is 7.84. The molecule has 0 aromatic heterocycles. The standard InChI is InChI=1S/C11H15ClN2O2S/c1-7(11(15)14(2)3)17(16)10-6-8(12)4-5-9(10)13/h4-7H,13H2,1-3H3. The molecule has 6 heteroatoms. The third-order valence-electron chi connectivity index (χ3n) is 2.30. The zero-order chi connectivity index (χ0) is 13.2. The van der Waals surface area contributed by atoms with E-state index in [0.717, 1.165) is 0 Å². The zero-order valence-electron chi connectivity index (χ0n) is 9.94. The van der Waals surface area contributed by atoms with E-state index >= 15 is 0 Å². The second-order valence-electron chi connectivity index (χ2n) is 3.85.